The van der Waals surface area contributed by atoms with Gasteiger partial charge in [-0.05, 0) is 69.1 Å². The number of hydrogen-bond acceptors (Lipinski definition) is 3. The average Bonchev–Trinajstić information content (AvgIpc) is 2.86. The van der Waals surface area contributed by atoms with Gasteiger partial charge in [-0.25, -0.2) is 4.98 Å². The summed E-state index contributed by atoms with van der Waals surface area (Å²) in [5, 5.41) is 0. The molecule has 0 amide bonds. The van der Waals surface area contributed by atoms with E-state index >= 15 is 0 Å². The molecule has 1 fully saturated rings. The van der Waals surface area contributed by atoms with Crippen LogP contribution in [0.4, 0.5) is 0 Å². The molecule has 0 atom stereocenters. The molecule has 0 radical (unpaired) electrons. The largest absolute Gasteiger partial charge is 0.491 e. The first-order valence-corrected chi connectivity index (χ1v) is 10.6. The van der Waals surface area contributed by atoms with Crippen LogP contribution in [-0.4, -0.2) is 34.1 Å². The van der Waals surface area contributed by atoms with Crippen LogP contribution in [0.2, 0.25) is 0 Å². The van der Waals surface area contributed by atoms with Crippen LogP contribution in [0.15, 0.2) is 42.5 Å². The minimum Gasteiger partial charge on any atom is -0.491 e. The molecule has 2 aromatic carbocycles. The van der Waals surface area contributed by atoms with Gasteiger partial charge in [0.2, 0.25) is 0 Å². The Hall–Kier alpha value is -2.33. The molecule has 1 aromatic heterocycles. The van der Waals surface area contributed by atoms with Crippen molar-refractivity contribution in [3.05, 3.63) is 59.4 Å². The molecule has 0 N–H and O–H groups in total. The quantitative estimate of drug-likeness (QED) is 0.598. The zero-order valence-corrected chi connectivity index (χ0v) is 17.2. The van der Waals surface area contributed by atoms with Gasteiger partial charge >= 0.3 is 0 Å². The molecule has 148 valence electrons. The fourth-order valence-electron chi connectivity index (χ4n) is 4.12. The topological polar surface area (TPSA) is 30.3 Å². The Morgan fingerprint density at radius 2 is 1.71 bits per heavy atom. The molecule has 3 aromatic rings. The minimum atomic E-state index is 0.650. The molecule has 1 aliphatic rings. The summed E-state index contributed by atoms with van der Waals surface area (Å²) in [5.41, 5.74) is 4.78. The number of para-hydroxylation sites is 2. The molecule has 1 aliphatic heterocycles. The Labute approximate surface area is 168 Å². The van der Waals surface area contributed by atoms with E-state index in [1.165, 1.54) is 55.4 Å². The second-order valence-corrected chi connectivity index (χ2v) is 7.91. The molecule has 4 rings (SSSR count). The number of fused-ring (bicyclic) bond motifs is 1. The van der Waals surface area contributed by atoms with E-state index in [1.54, 1.807) is 0 Å². The van der Waals surface area contributed by atoms with Crippen molar-refractivity contribution in [1.29, 1.82) is 0 Å². The Balaban J connectivity index is 1.52. The van der Waals surface area contributed by atoms with Crippen LogP contribution in [0, 0.1) is 13.8 Å². The van der Waals surface area contributed by atoms with Gasteiger partial charge in [0.15, 0.2) is 0 Å². The Morgan fingerprint density at radius 1 is 0.929 bits per heavy atom. The van der Waals surface area contributed by atoms with Crippen LogP contribution < -0.4 is 4.74 Å². The van der Waals surface area contributed by atoms with E-state index in [4.69, 9.17) is 9.72 Å². The van der Waals surface area contributed by atoms with Crippen molar-refractivity contribution in [2.45, 2.75) is 52.6 Å². The van der Waals surface area contributed by atoms with Crippen molar-refractivity contribution in [2.75, 3.05) is 19.7 Å². The first kappa shape index (κ1) is 19.0. The van der Waals surface area contributed by atoms with Crippen molar-refractivity contribution in [2.24, 2.45) is 0 Å². The standard InChI is InChI=1S/C24H31N3O/c1-19-10-9-13-23(20(19)2)28-17-16-27-22-12-6-5-11-21(22)25-24(27)18-26-14-7-3-4-8-15-26/h5-6,9-13H,3-4,7-8,14-18H2,1-2H3. The van der Waals surface area contributed by atoms with Crippen molar-refractivity contribution in [1.82, 2.24) is 14.5 Å². The fraction of sp³-hybridized carbons (Fsp3) is 0.458. The molecule has 0 aliphatic carbocycles. The lowest BCUT2D eigenvalue weighted by Crippen LogP contribution is -2.26. The lowest BCUT2D eigenvalue weighted by atomic mass is 10.1. The zero-order chi connectivity index (χ0) is 19.3. The second-order valence-electron chi connectivity index (χ2n) is 7.91. The SMILES string of the molecule is Cc1cccc(OCCn2c(CN3CCCCCC3)nc3ccccc32)c1C. The highest BCUT2D eigenvalue weighted by atomic mass is 16.5. The lowest BCUT2D eigenvalue weighted by molar-refractivity contribution is 0.258. The van der Waals surface area contributed by atoms with E-state index in [1.807, 2.05) is 0 Å². The van der Waals surface area contributed by atoms with E-state index in [9.17, 15) is 0 Å². The molecule has 4 heteroatoms. The van der Waals surface area contributed by atoms with Gasteiger partial charge in [-0.3, -0.25) is 4.90 Å². The van der Waals surface area contributed by atoms with E-state index in [0.29, 0.717) is 6.61 Å². The summed E-state index contributed by atoms with van der Waals surface area (Å²) in [6.45, 7) is 9.02. The summed E-state index contributed by atoms with van der Waals surface area (Å²) in [6.07, 6.45) is 5.32. The molecule has 1 saturated heterocycles. The van der Waals surface area contributed by atoms with Crippen LogP contribution in [0.1, 0.15) is 42.6 Å². The van der Waals surface area contributed by atoms with Crippen LogP contribution >= 0.6 is 0 Å². The summed E-state index contributed by atoms with van der Waals surface area (Å²) in [4.78, 5) is 7.53. The number of hydrogen-bond donors (Lipinski definition) is 0. The second kappa shape index (κ2) is 8.78. The van der Waals surface area contributed by atoms with Crippen molar-refractivity contribution < 1.29 is 4.74 Å². The Morgan fingerprint density at radius 3 is 2.54 bits per heavy atom. The number of ether oxygens (including phenoxy) is 1. The number of aromatic nitrogens is 2. The summed E-state index contributed by atoms with van der Waals surface area (Å²) in [6, 6.07) is 14.7. The molecule has 0 unspecified atom stereocenters. The number of aryl methyl sites for hydroxylation is 1. The third kappa shape index (κ3) is 4.22. The van der Waals surface area contributed by atoms with Gasteiger partial charge in [-0.2, -0.15) is 0 Å². The van der Waals surface area contributed by atoms with E-state index in [-0.39, 0.29) is 0 Å². The molecule has 0 saturated carbocycles. The maximum absolute atomic E-state index is 6.14. The van der Waals surface area contributed by atoms with E-state index in [2.05, 4.69) is 65.8 Å². The Kier molecular flexibility index (Phi) is 5.96. The molecular formula is C24H31N3O. The monoisotopic (exact) mass is 377 g/mol. The maximum Gasteiger partial charge on any atom is 0.124 e. The predicted octanol–water partition coefficient (Wildman–Crippen LogP) is 5.11. The Bertz CT molecular complexity index is 923. The highest BCUT2D eigenvalue weighted by molar-refractivity contribution is 5.75. The molecular weight excluding hydrogens is 346 g/mol. The van der Waals surface area contributed by atoms with Gasteiger partial charge in [-0.15, -0.1) is 0 Å². The van der Waals surface area contributed by atoms with E-state index in [0.717, 1.165) is 30.2 Å². The fourth-order valence-corrected chi connectivity index (χ4v) is 4.12. The molecule has 4 nitrogen and oxygen atoms in total. The van der Waals surface area contributed by atoms with Crippen LogP contribution in [-0.2, 0) is 13.1 Å². The van der Waals surface area contributed by atoms with Crippen molar-refractivity contribution in [3.63, 3.8) is 0 Å². The zero-order valence-electron chi connectivity index (χ0n) is 17.2. The number of likely N-dealkylation sites (tertiary alicyclic amines) is 1. The van der Waals surface area contributed by atoms with E-state index < -0.39 is 0 Å². The van der Waals surface area contributed by atoms with Gasteiger partial charge in [-0.1, -0.05) is 37.1 Å². The van der Waals surface area contributed by atoms with Gasteiger partial charge in [0.05, 0.1) is 24.1 Å². The van der Waals surface area contributed by atoms with Crippen LogP contribution in [0.5, 0.6) is 5.75 Å². The van der Waals surface area contributed by atoms with Gasteiger partial charge in [0.25, 0.3) is 0 Å². The lowest BCUT2D eigenvalue weighted by Gasteiger charge is -2.20. The molecule has 0 spiro atoms. The van der Waals surface area contributed by atoms with Crippen molar-refractivity contribution in [3.8, 4) is 5.75 Å². The average molecular weight is 378 g/mol. The summed E-state index contributed by atoms with van der Waals surface area (Å²) < 4.78 is 8.50. The maximum atomic E-state index is 6.14. The van der Waals surface area contributed by atoms with Gasteiger partial charge < -0.3 is 9.30 Å². The normalized spacial score (nSPS) is 15.6. The first-order valence-electron chi connectivity index (χ1n) is 10.6. The highest BCUT2D eigenvalue weighted by Crippen LogP contribution is 2.22. The molecule has 0 bridgehead atoms. The van der Waals surface area contributed by atoms with Gasteiger partial charge in [0.1, 0.15) is 18.2 Å². The summed E-state index contributed by atoms with van der Waals surface area (Å²) in [5.74, 6) is 2.14. The number of nitrogens with zero attached hydrogens (tertiary/aromatic N) is 3. The molecule has 28 heavy (non-hydrogen) atoms. The minimum absolute atomic E-state index is 0.650. The molecule has 2 heterocycles. The number of benzene rings is 2. The third-order valence-electron chi connectivity index (χ3n) is 5.92. The third-order valence-corrected chi connectivity index (χ3v) is 5.92. The van der Waals surface area contributed by atoms with Gasteiger partial charge in [0, 0.05) is 0 Å². The smallest absolute Gasteiger partial charge is 0.124 e. The van der Waals surface area contributed by atoms with Crippen LogP contribution in [0.25, 0.3) is 11.0 Å². The van der Waals surface area contributed by atoms with Crippen molar-refractivity contribution >= 4 is 11.0 Å². The summed E-state index contributed by atoms with van der Waals surface area (Å²) in [7, 11) is 0. The van der Waals surface area contributed by atoms with Crippen LogP contribution in [0.3, 0.4) is 0 Å². The number of imidazole rings is 1. The first-order chi connectivity index (χ1) is 13.7. The summed E-state index contributed by atoms with van der Waals surface area (Å²) >= 11 is 0. The number of rotatable bonds is 6. The predicted molar refractivity (Wildman–Crippen MR) is 115 cm³/mol. The highest BCUT2D eigenvalue weighted by Gasteiger charge is 2.16.